The minimum atomic E-state index is -0.138. The van der Waals surface area contributed by atoms with Gasteiger partial charge in [0.2, 0.25) is 5.78 Å². The van der Waals surface area contributed by atoms with Gasteiger partial charge >= 0.3 is 0 Å². The van der Waals surface area contributed by atoms with Gasteiger partial charge in [-0.3, -0.25) is 4.79 Å². The van der Waals surface area contributed by atoms with Crippen LogP contribution < -0.4 is 0 Å². The van der Waals surface area contributed by atoms with Crippen LogP contribution >= 0.6 is 15.9 Å². The van der Waals surface area contributed by atoms with Crippen LogP contribution in [0.1, 0.15) is 10.4 Å². The minimum Gasteiger partial charge on any atom is -0.279 e. The van der Waals surface area contributed by atoms with Crippen molar-refractivity contribution in [1.29, 1.82) is 0 Å². The lowest BCUT2D eigenvalue weighted by Gasteiger charge is -1.94. The molecule has 0 radical (unpaired) electrons. The Morgan fingerprint density at radius 3 is 2.38 bits per heavy atom. The summed E-state index contributed by atoms with van der Waals surface area (Å²) in [6.45, 7) is 0. The first-order chi connectivity index (χ1) is 7.75. The number of carbonyl (C=O) groups is 1. The standard InChI is InChI=1S/C14H9BrO/c15-13-8-6-12(7-9-13)14(16)10-5-11-3-1-2-4-11/h1-4,6-9,11H. The maximum Gasteiger partial charge on any atom is 0.235 e. The number of halogens is 1. The van der Waals surface area contributed by atoms with Crippen LogP contribution in [0.5, 0.6) is 0 Å². The van der Waals surface area contributed by atoms with E-state index < -0.39 is 0 Å². The molecule has 2 heteroatoms. The zero-order chi connectivity index (χ0) is 11.4. The number of carbonyl (C=O) groups excluding carboxylic acids is 1. The Kier molecular flexibility index (Phi) is 3.38. The number of hydrogen-bond donors (Lipinski definition) is 0. The van der Waals surface area contributed by atoms with Gasteiger partial charge in [0.05, 0.1) is 5.92 Å². The van der Waals surface area contributed by atoms with E-state index in [1.54, 1.807) is 12.1 Å². The SMILES string of the molecule is O=C(C#CC1C=CC=C1)c1ccc(Br)cc1. The van der Waals surface area contributed by atoms with Gasteiger partial charge in [-0.2, -0.15) is 0 Å². The fraction of sp³-hybridized carbons (Fsp3) is 0.0714. The number of allylic oxidation sites excluding steroid dienone is 4. The molecule has 78 valence electrons. The first-order valence-electron chi connectivity index (χ1n) is 4.92. The van der Waals surface area contributed by atoms with Crippen molar-refractivity contribution in [3.05, 3.63) is 58.6 Å². The Labute approximate surface area is 103 Å². The summed E-state index contributed by atoms with van der Waals surface area (Å²) >= 11 is 3.32. The van der Waals surface area contributed by atoms with E-state index in [4.69, 9.17) is 0 Å². The third-order valence-electron chi connectivity index (χ3n) is 2.21. The zero-order valence-corrected chi connectivity index (χ0v) is 10.1. The van der Waals surface area contributed by atoms with Crippen molar-refractivity contribution in [3.8, 4) is 11.8 Å². The van der Waals surface area contributed by atoms with Crippen molar-refractivity contribution in [2.75, 3.05) is 0 Å². The Morgan fingerprint density at radius 1 is 1.12 bits per heavy atom. The highest BCUT2D eigenvalue weighted by molar-refractivity contribution is 9.10. The van der Waals surface area contributed by atoms with Crippen molar-refractivity contribution in [2.24, 2.45) is 5.92 Å². The average Bonchev–Trinajstić information content (AvgIpc) is 2.80. The molecular formula is C14H9BrO. The molecule has 1 nitrogen and oxygen atoms in total. The Bertz CT molecular complexity index is 500. The summed E-state index contributed by atoms with van der Waals surface area (Å²) in [5.74, 6) is 5.51. The van der Waals surface area contributed by atoms with E-state index in [1.165, 1.54) is 0 Å². The largest absolute Gasteiger partial charge is 0.279 e. The lowest BCUT2D eigenvalue weighted by molar-refractivity contribution is 0.105. The zero-order valence-electron chi connectivity index (χ0n) is 8.48. The molecule has 0 aromatic heterocycles. The fourth-order valence-corrected chi connectivity index (χ4v) is 1.61. The van der Waals surface area contributed by atoms with E-state index in [0.717, 1.165) is 4.47 Å². The van der Waals surface area contributed by atoms with Gasteiger partial charge < -0.3 is 0 Å². The topological polar surface area (TPSA) is 17.1 Å². The minimum absolute atomic E-state index is 0.0828. The number of ketones is 1. The molecule has 0 heterocycles. The molecule has 16 heavy (non-hydrogen) atoms. The van der Waals surface area contributed by atoms with E-state index in [-0.39, 0.29) is 11.7 Å². The molecule has 1 aromatic rings. The van der Waals surface area contributed by atoms with Gasteiger partial charge in [0.15, 0.2) is 0 Å². The van der Waals surface area contributed by atoms with Crippen molar-refractivity contribution < 1.29 is 4.79 Å². The van der Waals surface area contributed by atoms with Crippen molar-refractivity contribution in [3.63, 3.8) is 0 Å². The second-order valence-corrected chi connectivity index (χ2v) is 4.32. The molecule has 0 saturated carbocycles. The molecular weight excluding hydrogens is 264 g/mol. The molecule has 1 aliphatic rings. The van der Waals surface area contributed by atoms with Crippen LogP contribution in [-0.4, -0.2) is 5.78 Å². The number of Topliss-reactive ketones (excluding diaryl/α,β-unsaturated/α-hetero) is 1. The molecule has 0 fully saturated rings. The van der Waals surface area contributed by atoms with Crippen LogP contribution in [0.2, 0.25) is 0 Å². The maximum atomic E-state index is 11.7. The molecule has 0 amide bonds. The first kappa shape index (κ1) is 10.9. The summed E-state index contributed by atoms with van der Waals surface area (Å²) in [4.78, 5) is 11.7. The summed E-state index contributed by atoms with van der Waals surface area (Å²) in [5, 5.41) is 0. The average molecular weight is 273 g/mol. The van der Waals surface area contributed by atoms with E-state index in [2.05, 4.69) is 27.8 Å². The van der Waals surface area contributed by atoms with Crippen LogP contribution in [0.25, 0.3) is 0 Å². The summed E-state index contributed by atoms with van der Waals surface area (Å²) in [7, 11) is 0. The van der Waals surface area contributed by atoms with Gasteiger partial charge in [-0.1, -0.05) is 46.2 Å². The number of benzene rings is 1. The van der Waals surface area contributed by atoms with Gasteiger partial charge in [-0.05, 0) is 30.2 Å². The highest BCUT2D eigenvalue weighted by atomic mass is 79.9. The number of rotatable bonds is 1. The van der Waals surface area contributed by atoms with E-state index >= 15 is 0 Å². The van der Waals surface area contributed by atoms with Gasteiger partial charge in [-0.25, -0.2) is 0 Å². The quantitative estimate of drug-likeness (QED) is 0.435. The molecule has 0 atom stereocenters. The summed E-state index contributed by atoms with van der Waals surface area (Å²) < 4.78 is 0.957. The molecule has 0 unspecified atom stereocenters. The number of hydrogen-bond acceptors (Lipinski definition) is 1. The van der Waals surface area contributed by atoms with Gasteiger partial charge in [0.25, 0.3) is 0 Å². The Morgan fingerprint density at radius 2 is 1.75 bits per heavy atom. The Balaban J connectivity index is 2.10. The second kappa shape index (κ2) is 4.96. The summed E-state index contributed by atoms with van der Waals surface area (Å²) in [6, 6.07) is 7.21. The highest BCUT2D eigenvalue weighted by Gasteiger charge is 2.02. The molecule has 0 N–H and O–H groups in total. The lowest BCUT2D eigenvalue weighted by Crippen LogP contribution is -1.95. The summed E-state index contributed by atoms with van der Waals surface area (Å²) in [5.41, 5.74) is 0.627. The Hall–Kier alpha value is -1.59. The highest BCUT2D eigenvalue weighted by Crippen LogP contribution is 2.11. The predicted octanol–water partition coefficient (Wildman–Crippen LogP) is 3.38. The predicted molar refractivity (Wildman–Crippen MR) is 68.0 cm³/mol. The molecule has 0 bridgehead atoms. The van der Waals surface area contributed by atoms with Crippen molar-refractivity contribution in [2.45, 2.75) is 0 Å². The normalized spacial score (nSPS) is 13.6. The molecule has 1 aromatic carbocycles. The molecule has 2 rings (SSSR count). The molecule has 0 aliphatic heterocycles. The molecule has 1 aliphatic carbocycles. The van der Waals surface area contributed by atoms with E-state index in [0.29, 0.717) is 5.56 Å². The third-order valence-corrected chi connectivity index (χ3v) is 2.74. The van der Waals surface area contributed by atoms with E-state index in [1.807, 2.05) is 36.4 Å². The maximum absolute atomic E-state index is 11.7. The van der Waals surface area contributed by atoms with Crippen LogP contribution in [0.15, 0.2) is 53.0 Å². The van der Waals surface area contributed by atoms with Gasteiger partial charge in [0.1, 0.15) is 0 Å². The van der Waals surface area contributed by atoms with Crippen molar-refractivity contribution >= 4 is 21.7 Å². The smallest absolute Gasteiger partial charge is 0.235 e. The first-order valence-corrected chi connectivity index (χ1v) is 5.71. The van der Waals surface area contributed by atoms with Gasteiger partial charge in [-0.15, -0.1) is 0 Å². The van der Waals surface area contributed by atoms with E-state index in [9.17, 15) is 4.79 Å². The fourth-order valence-electron chi connectivity index (χ4n) is 1.35. The molecule has 0 spiro atoms. The lowest BCUT2D eigenvalue weighted by atomic mass is 10.1. The molecule has 0 saturated heterocycles. The second-order valence-electron chi connectivity index (χ2n) is 3.40. The van der Waals surface area contributed by atoms with Crippen LogP contribution in [0, 0.1) is 17.8 Å². The summed E-state index contributed by atoms with van der Waals surface area (Å²) in [6.07, 6.45) is 7.79. The van der Waals surface area contributed by atoms with Gasteiger partial charge in [0, 0.05) is 10.0 Å². The van der Waals surface area contributed by atoms with Crippen LogP contribution in [-0.2, 0) is 0 Å². The third kappa shape index (κ3) is 2.71. The van der Waals surface area contributed by atoms with Crippen LogP contribution in [0.3, 0.4) is 0 Å². The van der Waals surface area contributed by atoms with Crippen molar-refractivity contribution in [1.82, 2.24) is 0 Å². The monoisotopic (exact) mass is 272 g/mol. The van der Waals surface area contributed by atoms with Crippen LogP contribution in [0.4, 0.5) is 0 Å².